The molecule has 0 aromatic heterocycles. The molecule has 0 aliphatic rings. The Kier molecular flexibility index (Phi) is 7.41. The van der Waals surface area contributed by atoms with E-state index < -0.39 is 27.9 Å². The van der Waals surface area contributed by atoms with Crippen molar-refractivity contribution in [3.05, 3.63) is 83.4 Å². The molecule has 0 fully saturated rings. The van der Waals surface area contributed by atoms with Crippen molar-refractivity contribution in [3.63, 3.8) is 0 Å². The number of hydrogen-bond acceptors (Lipinski definition) is 4. The Morgan fingerprint density at radius 3 is 2.15 bits per heavy atom. The second-order valence-corrected chi connectivity index (χ2v) is 10.2. The van der Waals surface area contributed by atoms with Crippen molar-refractivity contribution in [2.45, 2.75) is 38.6 Å². The summed E-state index contributed by atoms with van der Waals surface area (Å²) in [5, 5.41) is 11.8. The Morgan fingerprint density at radius 2 is 1.56 bits per heavy atom. The number of carboxylic acid groups (broad SMARTS) is 1. The summed E-state index contributed by atoms with van der Waals surface area (Å²) in [5.74, 6) is -1.81. The molecule has 0 radical (unpaired) electrons. The second kappa shape index (κ2) is 10.1. The van der Waals surface area contributed by atoms with Gasteiger partial charge in [0, 0.05) is 11.3 Å². The molecular weight excluding hydrogens is 452 g/mol. The normalized spacial score (nSPS) is 12.3. The number of carboxylic acids is 1. The van der Waals surface area contributed by atoms with Gasteiger partial charge in [-0.05, 0) is 66.8 Å². The van der Waals surface area contributed by atoms with Gasteiger partial charge < -0.3 is 10.4 Å². The Labute approximate surface area is 199 Å². The molecule has 1 atom stereocenters. The molecular formula is C26H28N2O5S. The first-order valence-electron chi connectivity index (χ1n) is 10.8. The first-order valence-corrected chi connectivity index (χ1v) is 12.3. The van der Waals surface area contributed by atoms with E-state index in [9.17, 15) is 23.1 Å². The van der Waals surface area contributed by atoms with Crippen LogP contribution < -0.4 is 10.0 Å². The van der Waals surface area contributed by atoms with Crippen LogP contribution in [-0.4, -0.2) is 31.4 Å². The minimum atomic E-state index is -3.75. The molecule has 0 aliphatic carbocycles. The summed E-state index contributed by atoms with van der Waals surface area (Å²) in [6.45, 7) is 7.12. The number of carbonyl (C=O) groups excluding carboxylic acids is 1. The fourth-order valence-electron chi connectivity index (χ4n) is 3.63. The van der Waals surface area contributed by atoms with Crippen LogP contribution in [0.2, 0.25) is 0 Å². The van der Waals surface area contributed by atoms with Crippen molar-refractivity contribution in [2.75, 3.05) is 4.72 Å². The molecule has 1 amide bonds. The summed E-state index contributed by atoms with van der Waals surface area (Å²) in [5.41, 5.74) is 3.95. The third kappa shape index (κ3) is 5.82. The number of aryl methyl sites for hydroxylation is 2. The molecule has 3 aromatic carbocycles. The zero-order chi connectivity index (χ0) is 25.0. The van der Waals surface area contributed by atoms with E-state index in [1.807, 2.05) is 19.1 Å². The largest absolute Gasteiger partial charge is 0.480 e. The maximum atomic E-state index is 12.9. The molecule has 3 aromatic rings. The highest BCUT2D eigenvalue weighted by molar-refractivity contribution is 7.92. The zero-order valence-electron chi connectivity index (χ0n) is 19.5. The van der Waals surface area contributed by atoms with Crippen LogP contribution in [0.4, 0.5) is 5.69 Å². The summed E-state index contributed by atoms with van der Waals surface area (Å²) >= 11 is 0. The Hall–Kier alpha value is -3.65. The number of aliphatic carboxylic acids is 1. The lowest BCUT2D eigenvalue weighted by atomic mass is 10.0. The molecule has 3 rings (SSSR count). The van der Waals surface area contributed by atoms with E-state index in [4.69, 9.17) is 0 Å². The van der Waals surface area contributed by atoms with Gasteiger partial charge in [-0.25, -0.2) is 13.2 Å². The van der Waals surface area contributed by atoms with E-state index in [0.29, 0.717) is 16.8 Å². The summed E-state index contributed by atoms with van der Waals surface area (Å²) in [6.07, 6.45) is 0. The van der Waals surface area contributed by atoms with Crippen LogP contribution >= 0.6 is 0 Å². The summed E-state index contributed by atoms with van der Waals surface area (Å²) < 4.78 is 28.4. The lowest BCUT2D eigenvalue weighted by Crippen LogP contribution is -2.44. The van der Waals surface area contributed by atoms with Crippen molar-refractivity contribution in [1.82, 2.24) is 5.32 Å². The molecule has 0 heterocycles. The molecule has 0 unspecified atom stereocenters. The molecule has 0 bridgehead atoms. The summed E-state index contributed by atoms with van der Waals surface area (Å²) in [6, 6.07) is 17.8. The number of sulfonamides is 1. The Bertz CT molecular complexity index is 1320. The van der Waals surface area contributed by atoms with Crippen molar-refractivity contribution < 1.29 is 23.1 Å². The van der Waals surface area contributed by atoms with Crippen LogP contribution in [0.1, 0.15) is 35.3 Å². The molecule has 7 nitrogen and oxygen atoms in total. The zero-order valence-corrected chi connectivity index (χ0v) is 20.3. The average molecular weight is 481 g/mol. The summed E-state index contributed by atoms with van der Waals surface area (Å²) in [7, 11) is -3.75. The van der Waals surface area contributed by atoms with Crippen molar-refractivity contribution in [1.29, 1.82) is 0 Å². The Balaban J connectivity index is 1.79. The van der Waals surface area contributed by atoms with Gasteiger partial charge in [0.15, 0.2) is 0 Å². The van der Waals surface area contributed by atoms with E-state index in [1.165, 1.54) is 0 Å². The molecule has 3 N–H and O–H groups in total. The minimum Gasteiger partial charge on any atom is -0.480 e. The number of rotatable bonds is 8. The van der Waals surface area contributed by atoms with Crippen molar-refractivity contribution in [2.24, 2.45) is 5.92 Å². The lowest BCUT2D eigenvalue weighted by molar-refractivity contribution is -0.140. The minimum absolute atomic E-state index is 0.222. The van der Waals surface area contributed by atoms with Gasteiger partial charge in [-0.1, -0.05) is 55.8 Å². The molecule has 178 valence electrons. The smallest absolute Gasteiger partial charge is 0.326 e. The molecule has 0 aliphatic heterocycles. The van der Waals surface area contributed by atoms with E-state index in [0.717, 1.165) is 16.7 Å². The van der Waals surface area contributed by atoms with Gasteiger partial charge in [0.2, 0.25) is 0 Å². The molecule has 0 saturated heterocycles. The molecule has 34 heavy (non-hydrogen) atoms. The highest BCUT2D eigenvalue weighted by Gasteiger charge is 2.24. The van der Waals surface area contributed by atoms with Crippen LogP contribution in [0.5, 0.6) is 0 Å². The summed E-state index contributed by atoms with van der Waals surface area (Å²) in [4.78, 5) is 24.0. The number of carbonyl (C=O) groups is 2. The third-order valence-corrected chi connectivity index (χ3v) is 6.98. The fourth-order valence-corrected chi connectivity index (χ4v) is 4.90. The number of nitrogens with one attached hydrogen (secondary N) is 2. The molecule has 0 saturated carbocycles. The third-order valence-electron chi connectivity index (χ3n) is 5.43. The van der Waals surface area contributed by atoms with Crippen LogP contribution in [0.3, 0.4) is 0 Å². The Morgan fingerprint density at radius 1 is 0.882 bits per heavy atom. The van der Waals surface area contributed by atoms with Crippen LogP contribution in [0.25, 0.3) is 11.1 Å². The van der Waals surface area contributed by atoms with Gasteiger partial charge in [-0.3, -0.25) is 9.52 Å². The fraction of sp³-hybridized carbons (Fsp3) is 0.231. The quantitative estimate of drug-likeness (QED) is 0.436. The molecule has 8 heteroatoms. The predicted octanol–water partition coefficient (Wildman–Crippen LogP) is 4.61. The SMILES string of the molecule is Cc1ccc(S(=O)(=O)Nc2cccc(-c3ccc(C(=O)N[C@H](C(=O)O)C(C)C)cc3)c2)c(C)c1. The predicted molar refractivity (Wildman–Crippen MR) is 132 cm³/mol. The van der Waals surface area contributed by atoms with E-state index in [-0.39, 0.29) is 10.8 Å². The highest BCUT2D eigenvalue weighted by atomic mass is 32.2. The maximum absolute atomic E-state index is 12.9. The van der Waals surface area contributed by atoms with Gasteiger partial charge in [-0.15, -0.1) is 0 Å². The second-order valence-electron chi connectivity index (χ2n) is 8.57. The highest BCUT2D eigenvalue weighted by Crippen LogP contribution is 2.26. The van der Waals surface area contributed by atoms with Gasteiger partial charge in [0.25, 0.3) is 15.9 Å². The average Bonchev–Trinajstić information content (AvgIpc) is 2.76. The number of benzene rings is 3. The van der Waals surface area contributed by atoms with E-state index in [1.54, 1.807) is 75.4 Å². The van der Waals surface area contributed by atoms with E-state index in [2.05, 4.69) is 10.0 Å². The monoisotopic (exact) mass is 480 g/mol. The van der Waals surface area contributed by atoms with Crippen molar-refractivity contribution >= 4 is 27.6 Å². The number of anilines is 1. The van der Waals surface area contributed by atoms with Gasteiger partial charge in [0.1, 0.15) is 6.04 Å². The van der Waals surface area contributed by atoms with E-state index >= 15 is 0 Å². The maximum Gasteiger partial charge on any atom is 0.326 e. The van der Waals surface area contributed by atoms with Crippen LogP contribution in [-0.2, 0) is 14.8 Å². The standard InChI is InChI=1S/C26H28N2O5S/c1-16(2)24(26(30)31)27-25(29)20-11-9-19(10-12-20)21-6-5-7-22(15-21)28-34(32,33)23-13-8-17(3)14-18(23)4/h5-16,24,28H,1-4H3,(H,27,29)(H,30,31)/t24-/m0/s1. The first kappa shape index (κ1) is 25.0. The van der Waals surface area contributed by atoms with Gasteiger partial charge in [0.05, 0.1) is 4.90 Å². The van der Waals surface area contributed by atoms with Crippen LogP contribution in [0.15, 0.2) is 71.6 Å². The lowest BCUT2D eigenvalue weighted by Gasteiger charge is -2.18. The van der Waals surface area contributed by atoms with Gasteiger partial charge in [-0.2, -0.15) is 0 Å². The number of hydrogen-bond donors (Lipinski definition) is 3. The topological polar surface area (TPSA) is 113 Å². The molecule has 0 spiro atoms. The van der Waals surface area contributed by atoms with Gasteiger partial charge >= 0.3 is 5.97 Å². The first-order chi connectivity index (χ1) is 16.0. The van der Waals surface area contributed by atoms with Crippen molar-refractivity contribution in [3.8, 4) is 11.1 Å². The van der Waals surface area contributed by atoms with Crippen LogP contribution in [0, 0.1) is 19.8 Å². The number of amides is 1.